The van der Waals surface area contributed by atoms with E-state index >= 15 is 0 Å². The van der Waals surface area contributed by atoms with E-state index in [1.165, 1.54) is 30.5 Å². The summed E-state index contributed by atoms with van der Waals surface area (Å²) in [6, 6.07) is 8.71. The zero-order valence-electron chi connectivity index (χ0n) is 14.9. The third-order valence-corrected chi connectivity index (χ3v) is 5.50. The van der Waals surface area contributed by atoms with E-state index in [-0.39, 0.29) is 5.91 Å². The maximum atomic E-state index is 12.3. The van der Waals surface area contributed by atoms with Crippen molar-refractivity contribution in [3.63, 3.8) is 0 Å². The van der Waals surface area contributed by atoms with Gasteiger partial charge in [-0.05, 0) is 55.4 Å². The lowest BCUT2D eigenvalue weighted by Gasteiger charge is -2.31. The van der Waals surface area contributed by atoms with Gasteiger partial charge >= 0.3 is 0 Å². The molecule has 0 bridgehead atoms. The number of hydrogen-bond donors (Lipinski definition) is 3. The zero-order chi connectivity index (χ0) is 17.6. The fraction of sp³-hybridized carbons (Fsp3) is 0.579. The van der Waals surface area contributed by atoms with Gasteiger partial charge in [-0.1, -0.05) is 38.0 Å². The van der Waals surface area contributed by atoms with Gasteiger partial charge in [0.2, 0.25) is 0 Å². The molecule has 5 nitrogen and oxygen atoms in total. The average Bonchev–Trinajstić information content (AvgIpc) is 2.62. The normalized spacial score (nSPS) is 22.7. The second-order valence-corrected chi connectivity index (χ2v) is 7.58. The number of benzene rings is 1. The molecule has 1 amide bonds. The molecular weight excluding hydrogens is 332 g/mol. The number of carbonyl (C=O) groups is 1. The Morgan fingerprint density at radius 2 is 2.00 bits per heavy atom. The largest absolute Gasteiger partial charge is 0.362 e. The van der Waals surface area contributed by atoms with Crippen LogP contribution >= 0.6 is 12.2 Å². The van der Waals surface area contributed by atoms with Crippen LogP contribution in [0.4, 0.5) is 5.69 Å². The predicted octanol–water partition coefficient (Wildman–Crippen LogP) is 2.51. The maximum Gasteiger partial charge on any atom is 0.257 e. The lowest BCUT2D eigenvalue weighted by Crippen LogP contribution is -2.53. The zero-order valence-corrected chi connectivity index (χ0v) is 15.7. The number of amides is 1. The average molecular weight is 361 g/mol. The molecule has 1 saturated carbocycles. The highest BCUT2D eigenvalue weighted by molar-refractivity contribution is 7.80. The Morgan fingerprint density at radius 3 is 2.84 bits per heavy atom. The Labute approximate surface area is 155 Å². The van der Waals surface area contributed by atoms with Crippen molar-refractivity contribution >= 4 is 28.9 Å². The molecule has 25 heavy (non-hydrogen) atoms. The Kier molecular flexibility index (Phi) is 6.13. The Bertz CT molecular complexity index is 621. The number of aryl methyl sites for hydroxylation is 1. The second kappa shape index (κ2) is 8.52. The molecule has 0 saturated heterocycles. The first-order chi connectivity index (χ1) is 12.1. The van der Waals surface area contributed by atoms with Crippen molar-refractivity contribution in [2.24, 2.45) is 5.92 Å². The van der Waals surface area contributed by atoms with E-state index in [1.54, 1.807) is 0 Å². The highest BCUT2D eigenvalue weighted by atomic mass is 32.1. The molecule has 1 aromatic rings. The monoisotopic (exact) mass is 360 g/mol. The highest BCUT2D eigenvalue weighted by Crippen LogP contribution is 2.26. The van der Waals surface area contributed by atoms with Crippen LogP contribution in [-0.2, 0) is 11.2 Å². The number of hydrazine groups is 1. The van der Waals surface area contributed by atoms with Crippen LogP contribution in [0.15, 0.2) is 24.3 Å². The van der Waals surface area contributed by atoms with E-state index in [0.29, 0.717) is 23.6 Å². The molecule has 2 atom stereocenters. The van der Waals surface area contributed by atoms with Crippen molar-refractivity contribution in [3.05, 3.63) is 29.8 Å². The number of nitrogens with zero attached hydrogens (tertiary/aromatic N) is 1. The molecule has 1 aliphatic heterocycles. The summed E-state index contributed by atoms with van der Waals surface area (Å²) in [6.45, 7) is 3.50. The minimum absolute atomic E-state index is 0.0717. The molecule has 1 heterocycles. The van der Waals surface area contributed by atoms with Gasteiger partial charge in [0, 0.05) is 18.3 Å². The maximum absolute atomic E-state index is 12.3. The summed E-state index contributed by atoms with van der Waals surface area (Å²) < 4.78 is 0. The van der Waals surface area contributed by atoms with E-state index in [1.807, 2.05) is 6.07 Å². The third kappa shape index (κ3) is 4.84. The molecule has 0 unspecified atom stereocenters. The lowest BCUT2D eigenvalue weighted by molar-refractivity contribution is -0.120. The van der Waals surface area contributed by atoms with Crippen LogP contribution < -0.4 is 21.1 Å². The van der Waals surface area contributed by atoms with E-state index < -0.39 is 0 Å². The number of rotatable bonds is 3. The Hall–Kier alpha value is -1.82. The Balaban J connectivity index is 1.45. The highest BCUT2D eigenvalue weighted by Gasteiger charge is 2.22. The summed E-state index contributed by atoms with van der Waals surface area (Å²) in [5.41, 5.74) is 8.07. The molecule has 1 aliphatic carbocycles. The molecule has 136 valence electrons. The summed E-state index contributed by atoms with van der Waals surface area (Å²) in [5, 5.41) is 3.84. The second-order valence-electron chi connectivity index (χ2n) is 7.17. The van der Waals surface area contributed by atoms with Crippen LogP contribution in [0, 0.1) is 5.92 Å². The molecule has 2 aliphatic rings. The molecular formula is C19H28N4OS. The van der Waals surface area contributed by atoms with Gasteiger partial charge < -0.3 is 10.2 Å². The minimum Gasteiger partial charge on any atom is -0.362 e. The molecule has 1 aromatic carbocycles. The van der Waals surface area contributed by atoms with Crippen LogP contribution in [0.3, 0.4) is 0 Å². The first-order valence-electron chi connectivity index (χ1n) is 9.31. The van der Waals surface area contributed by atoms with E-state index in [2.05, 4.69) is 46.2 Å². The van der Waals surface area contributed by atoms with Crippen LogP contribution in [0.5, 0.6) is 0 Å². The first kappa shape index (κ1) is 18.0. The number of thiocarbonyl (C=S) groups is 1. The molecule has 0 aromatic heterocycles. The van der Waals surface area contributed by atoms with Crippen LogP contribution in [0.2, 0.25) is 0 Å². The molecule has 0 radical (unpaired) electrons. The Morgan fingerprint density at radius 1 is 1.20 bits per heavy atom. The van der Waals surface area contributed by atoms with Crippen molar-refractivity contribution in [2.75, 3.05) is 18.0 Å². The quantitative estimate of drug-likeness (QED) is 0.571. The van der Waals surface area contributed by atoms with Gasteiger partial charge in [-0.3, -0.25) is 15.6 Å². The number of hydrogen-bond acceptors (Lipinski definition) is 3. The van der Waals surface area contributed by atoms with Crippen molar-refractivity contribution in [1.82, 2.24) is 16.2 Å². The number of para-hydroxylation sites is 1. The summed E-state index contributed by atoms with van der Waals surface area (Å²) >= 11 is 5.32. The van der Waals surface area contributed by atoms with Gasteiger partial charge in [-0.15, -0.1) is 0 Å². The van der Waals surface area contributed by atoms with Crippen molar-refractivity contribution in [2.45, 2.75) is 51.5 Å². The number of anilines is 1. The fourth-order valence-corrected chi connectivity index (χ4v) is 4.05. The van der Waals surface area contributed by atoms with E-state index in [0.717, 1.165) is 25.8 Å². The van der Waals surface area contributed by atoms with E-state index in [9.17, 15) is 4.79 Å². The number of carbonyl (C=O) groups excluding carboxylic acids is 1. The predicted molar refractivity (Wildman–Crippen MR) is 105 cm³/mol. The first-order valence-corrected chi connectivity index (χ1v) is 9.72. The van der Waals surface area contributed by atoms with E-state index in [4.69, 9.17) is 12.2 Å². The standard InChI is InChI=1S/C19H28N4OS/c1-14-7-2-4-10-16(14)20-19(25)22-21-18(24)13-23-12-6-9-15-8-3-5-11-17(15)23/h3,5,8,11,14,16H,2,4,6-7,9-10,12-13H2,1H3,(H,21,24)(H2,20,22,25)/t14-,16-/m1/s1. The molecule has 0 spiro atoms. The summed E-state index contributed by atoms with van der Waals surface area (Å²) in [5.74, 6) is 0.548. The summed E-state index contributed by atoms with van der Waals surface area (Å²) in [7, 11) is 0. The smallest absolute Gasteiger partial charge is 0.257 e. The molecule has 6 heteroatoms. The summed E-state index contributed by atoms with van der Waals surface area (Å²) in [4.78, 5) is 14.4. The van der Waals surface area contributed by atoms with Gasteiger partial charge in [-0.25, -0.2) is 0 Å². The van der Waals surface area contributed by atoms with Crippen LogP contribution in [0.1, 0.15) is 44.6 Å². The van der Waals surface area contributed by atoms with Gasteiger partial charge in [0.1, 0.15) is 0 Å². The van der Waals surface area contributed by atoms with Gasteiger partial charge in [0.05, 0.1) is 6.54 Å². The fourth-order valence-electron chi connectivity index (χ4n) is 3.85. The van der Waals surface area contributed by atoms with Gasteiger partial charge in [-0.2, -0.15) is 0 Å². The van der Waals surface area contributed by atoms with Crippen molar-refractivity contribution < 1.29 is 4.79 Å². The molecule has 3 rings (SSSR count). The SMILES string of the molecule is C[C@@H]1CCCC[C@H]1NC(=S)NNC(=O)CN1CCCc2ccccc21. The topological polar surface area (TPSA) is 56.4 Å². The third-order valence-electron chi connectivity index (χ3n) is 5.28. The van der Waals surface area contributed by atoms with Crippen LogP contribution in [-0.4, -0.2) is 30.2 Å². The molecule has 1 fully saturated rings. The summed E-state index contributed by atoms with van der Waals surface area (Å²) in [6.07, 6.45) is 7.08. The van der Waals surface area contributed by atoms with Crippen molar-refractivity contribution in [3.8, 4) is 0 Å². The number of fused-ring (bicyclic) bond motifs is 1. The minimum atomic E-state index is -0.0717. The van der Waals surface area contributed by atoms with Crippen LogP contribution in [0.25, 0.3) is 0 Å². The number of nitrogens with one attached hydrogen (secondary N) is 3. The van der Waals surface area contributed by atoms with Gasteiger partial charge in [0.25, 0.3) is 5.91 Å². The van der Waals surface area contributed by atoms with Gasteiger partial charge in [0.15, 0.2) is 5.11 Å². The lowest BCUT2D eigenvalue weighted by atomic mass is 9.86. The molecule has 3 N–H and O–H groups in total. The van der Waals surface area contributed by atoms with Crippen molar-refractivity contribution in [1.29, 1.82) is 0 Å².